The molecule has 3 heteroatoms. The third kappa shape index (κ3) is 2.53. The summed E-state index contributed by atoms with van der Waals surface area (Å²) in [5, 5.41) is 0. The van der Waals surface area contributed by atoms with Crippen molar-refractivity contribution in [3.8, 4) is 5.75 Å². The van der Waals surface area contributed by atoms with Crippen molar-refractivity contribution in [2.24, 2.45) is 5.92 Å². The maximum absolute atomic E-state index is 6.63. The molecule has 0 amide bonds. The zero-order valence-electron chi connectivity index (χ0n) is 13.9. The lowest BCUT2D eigenvalue weighted by molar-refractivity contribution is -0.00135. The molecule has 0 radical (unpaired) electrons. The second-order valence-electron chi connectivity index (χ2n) is 7.40. The van der Waals surface area contributed by atoms with Crippen LogP contribution < -0.4 is 4.74 Å². The molecule has 24 heavy (non-hydrogen) atoms. The Labute approximate surface area is 150 Å². The molecule has 1 saturated heterocycles. The Morgan fingerprint density at radius 1 is 1.00 bits per heavy atom. The highest BCUT2D eigenvalue weighted by molar-refractivity contribution is 5.85. The Balaban J connectivity index is 0.00000146. The van der Waals surface area contributed by atoms with E-state index in [0.717, 1.165) is 31.2 Å². The highest BCUT2D eigenvalue weighted by Crippen LogP contribution is 2.54. The first kappa shape index (κ1) is 16.0. The van der Waals surface area contributed by atoms with Gasteiger partial charge in [-0.25, -0.2) is 0 Å². The van der Waals surface area contributed by atoms with Gasteiger partial charge < -0.3 is 9.64 Å². The summed E-state index contributed by atoms with van der Waals surface area (Å²) >= 11 is 0. The predicted molar refractivity (Wildman–Crippen MR) is 99.0 cm³/mol. The molecule has 2 atom stereocenters. The first-order valence-corrected chi connectivity index (χ1v) is 8.91. The summed E-state index contributed by atoms with van der Waals surface area (Å²) in [6.45, 7) is 3.56. The molecule has 2 unspecified atom stereocenters. The van der Waals surface area contributed by atoms with Crippen LogP contribution in [-0.4, -0.2) is 24.5 Å². The Morgan fingerprint density at radius 3 is 2.54 bits per heavy atom. The highest BCUT2D eigenvalue weighted by Gasteiger charge is 2.52. The van der Waals surface area contributed by atoms with E-state index < -0.39 is 0 Å². The van der Waals surface area contributed by atoms with Gasteiger partial charge in [0.05, 0.1) is 0 Å². The monoisotopic (exact) mass is 341 g/mol. The number of rotatable bonds is 3. The quantitative estimate of drug-likeness (QED) is 0.809. The van der Waals surface area contributed by atoms with E-state index >= 15 is 0 Å². The molecule has 2 aromatic carbocycles. The molecule has 0 spiro atoms. The van der Waals surface area contributed by atoms with Crippen LogP contribution in [0.4, 0.5) is 0 Å². The summed E-state index contributed by atoms with van der Waals surface area (Å²) in [7, 11) is 0. The smallest absolute Gasteiger partial charge is 0.143 e. The fourth-order valence-corrected chi connectivity index (χ4v) is 4.48. The topological polar surface area (TPSA) is 12.5 Å². The summed E-state index contributed by atoms with van der Waals surface area (Å²) in [5.74, 6) is 2.50. The molecule has 3 aliphatic rings. The highest BCUT2D eigenvalue weighted by atomic mass is 35.5. The van der Waals surface area contributed by atoms with Gasteiger partial charge in [0, 0.05) is 37.5 Å². The molecule has 2 aliphatic heterocycles. The Kier molecular flexibility index (Phi) is 4.06. The molecule has 0 bridgehead atoms. The number of halogens is 1. The zero-order valence-corrected chi connectivity index (χ0v) is 14.7. The first-order chi connectivity index (χ1) is 11.4. The number of fused-ring (bicyclic) bond motifs is 3. The maximum atomic E-state index is 6.63. The second kappa shape index (κ2) is 6.09. The van der Waals surface area contributed by atoms with E-state index in [4.69, 9.17) is 4.74 Å². The average molecular weight is 342 g/mol. The predicted octanol–water partition coefficient (Wildman–Crippen LogP) is 4.60. The van der Waals surface area contributed by atoms with Crippen molar-refractivity contribution in [2.45, 2.75) is 30.8 Å². The summed E-state index contributed by atoms with van der Waals surface area (Å²) in [6, 6.07) is 19.5. The number of likely N-dealkylation sites (tertiary alicyclic amines) is 1. The molecule has 2 fully saturated rings. The minimum absolute atomic E-state index is 0. The molecule has 1 saturated carbocycles. The van der Waals surface area contributed by atoms with Crippen molar-refractivity contribution in [1.29, 1.82) is 0 Å². The van der Waals surface area contributed by atoms with Crippen LogP contribution in [0.1, 0.15) is 36.3 Å². The molecule has 2 aromatic rings. The summed E-state index contributed by atoms with van der Waals surface area (Å²) in [4.78, 5) is 2.68. The second-order valence-corrected chi connectivity index (χ2v) is 7.40. The van der Waals surface area contributed by atoms with E-state index in [-0.39, 0.29) is 18.0 Å². The van der Waals surface area contributed by atoms with Crippen molar-refractivity contribution >= 4 is 12.4 Å². The number of hydrogen-bond acceptors (Lipinski definition) is 2. The van der Waals surface area contributed by atoms with Crippen molar-refractivity contribution in [1.82, 2.24) is 4.90 Å². The van der Waals surface area contributed by atoms with E-state index in [1.165, 1.54) is 30.5 Å². The number of hydrogen-bond donors (Lipinski definition) is 0. The van der Waals surface area contributed by atoms with Gasteiger partial charge in [0.15, 0.2) is 0 Å². The first-order valence-electron chi connectivity index (χ1n) is 8.91. The fourth-order valence-electron chi connectivity index (χ4n) is 4.48. The molecule has 126 valence electrons. The molecular formula is C21H24ClNO. The normalized spacial score (nSPS) is 28.4. The van der Waals surface area contributed by atoms with E-state index in [2.05, 4.69) is 59.5 Å². The summed E-state index contributed by atoms with van der Waals surface area (Å²) in [5.41, 5.74) is 2.58. The number of benzene rings is 2. The molecule has 2 nitrogen and oxygen atoms in total. The van der Waals surface area contributed by atoms with Crippen LogP contribution in [0.5, 0.6) is 5.75 Å². The zero-order chi connectivity index (χ0) is 15.3. The summed E-state index contributed by atoms with van der Waals surface area (Å²) < 4.78 is 6.63. The molecule has 2 heterocycles. The van der Waals surface area contributed by atoms with E-state index in [9.17, 15) is 0 Å². The van der Waals surface area contributed by atoms with Gasteiger partial charge >= 0.3 is 0 Å². The summed E-state index contributed by atoms with van der Waals surface area (Å²) in [6.07, 6.45) is 3.94. The van der Waals surface area contributed by atoms with Crippen molar-refractivity contribution in [3.63, 3.8) is 0 Å². The molecule has 5 rings (SSSR count). The standard InChI is InChI=1S/C21H23NO.ClH/c1-2-6-17(7-3-1)21-12-13-22(14-16-10-11-16)15-19(21)18-8-4-5-9-20(18)23-21;/h1-9,16,19H,10-15H2;1H. The number of nitrogens with zero attached hydrogens (tertiary/aromatic N) is 1. The van der Waals surface area contributed by atoms with Crippen molar-refractivity contribution in [2.75, 3.05) is 19.6 Å². The van der Waals surface area contributed by atoms with Gasteiger partial charge in [-0.1, -0.05) is 48.5 Å². The van der Waals surface area contributed by atoms with Gasteiger partial charge in [-0.15, -0.1) is 12.4 Å². The lowest BCUT2D eigenvalue weighted by Gasteiger charge is -2.43. The van der Waals surface area contributed by atoms with Crippen LogP contribution >= 0.6 is 12.4 Å². The lowest BCUT2D eigenvalue weighted by atomic mass is 9.74. The van der Waals surface area contributed by atoms with Crippen LogP contribution in [0.3, 0.4) is 0 Å². The lowest BCUT2D eigenvalue weighted by Crippen LogP contribution is -2.49. The number of para-hydroxylation sites is 1. The minimum Gasteiger partial charge on any atom is -0.482 e. The Bertz CT molecular complexity index is 715. The maximum Gasteiger partial charge on any atom is 0.143 e. The number of ether oxygens (including phenoxy) is 1. The average Bonchev–Trinajstić information content (AvgIpc) is 3.35. The van der Waals surface area contributed by atoms with Gasteiger partial charge in [-0.05, 0) is 30.4 Å². The molecule has 0 aromatic heterocycles. The van der Waals surface area contributed by atoms with Gasteiger partial charge in [0.25, 0.3) is 0 Å². The van der Waals surface area contributed by atoms with Crippen LogP contribution in [0.15, 0.2) is 54.6 Å². The third-order valence-corrected chi connectivity index (χ3v) is 5.87. The van der Waals surface area contributed by atoms with Crippen molar-refractivity contribution in [3.05, 3.63) is 65.7 Å². The SMILES string of the molecule is Cl.c1ccc(C23CCN(CC4CC4)CC2c2ccccc2O3)cc1. The van der Waals surface area contributed by atoms with Crippen LogP contribution in [0, 0.1) is 5.92 Å². The van der Waals surface area contributed by atoms with Gasteiger partial charge in [-0.2, -0.15) is 0 Å². The Morgan fingerprint density at radius 2 is 1.75 bits per heavy atom. The van der Waals surface area contributed by atoms with E-state index in [1.54, 1.807) is 0 Å². The molecular weight excluding hydrogens is 318 g/mol. The largest absolute Gasteiger partial charge is 0.482 e. The minimum atomic E-state index is -0.162. The van der Waals surface area contributed by atoms with Crippen molar-refractivity contribution < 1.29 is 4.74 Å². The molecule has 1 aliphatic carbocycles. The van der Waals surface area contributed by atoms with Crippen LogP contribution in [-0.2, 0) is 5.60 Å². The van der Waals surface area contributed by atoms with Crippen LogP contribution in [0.25, 0.3) is 0 Å². The number of piperidine rings is 1. The molecule has 0 N–H and O–H groups in total. The Hall–Kier alpha value is -1.51. The van der Waals surface area contributed by atoms with Gasteiger partial charge in [0.1, 0.15) is 11.4 Å². The van der Waals surface area contributed by atoms with Crippen LogP contribution in [0.2, 0.25) is 0 Å². The third-order valence-electron chi connectivity index (χ3n) is 5.87. The van der Waals surface area contributed by atoms with E-state index in [1.807, 2.05) is 0 Å². The van der Waals surface area contributed by atoms with E-state index in [0.29, 0.717) is 5.92 Å². The van der Waals surface area contributed by atoms with Gasteiger partial charge in [-0.3, -0.25) is 0 Å². The fraction of sp³-hybridized carbons (Fsp3) is 0.429. The van der Waals surface area contributed by atoms with Gasteiger partial charge in [0.2, 0.25) is 0 Å².